The number of aryl methyl sites for hydroxylation is 2. The van der Waals surface area contributed by atoms with Gasteiger partial charge in [0.15, 0.2) is 0 Å². The molecule has 0 radical (unpaired) electrons. The molecule has 4 nitrogen and oxygen atoms in total. The molecule has 1 atom stereocenters. The number of ether oxygens (including phenoxy) is 1. The fourth-order valence-corrected chi connectivity index (χ4v) is 2.19. The minimum atomic E-state index is 0.261. The largest absolute Gasteiger partial charge is 0.485 e. The van der Waals surface area contributed by atoms with Crippen molar-refractivity contribution in [3.63, 3.8) is 0 Å². The molecule has 2 aromatic rings. The second kappa shape index (κ2) is 6.57. The number of rotatable bonds is 6. The molecule has 0 fully saturated rings. The molecule has 0 saturated carbocycles. The lowest BCUT2D eigenvalue weighted by atomic mass is 10.1. The van der Waals surface area contributed by atoms with Gasteiger partial charge in [0.1, 0.15) is 18.2 Å². The van der Waals surface area contributed by atoms with Crippen molar-refractivity contribution in [2.45, 2.75) is 40.0 Å². The monoisotopic (exact) mass is 273 g/mol. The fraction of sp³-hybridized carbons (Fsp3) is 0.438. The molecule has 0 saturated heterocycles. The van der Waals surface area contributed by atoms with E-state index in [1.165, 1.54) is 11.1 Å². The van der Waals surface area contributed by atoms with E-state index in [-0.39, 0.29) is 6.04 Å². The van der Waals surface area contributed by atoms with Gasteiger partial charge in [-0.3, -0.25) is 0 Å². The minimum Gasteiger partial charge on any atom is -0.485 e. The third-order valence-corrected chi connectivity index (χ3v) is 3.57. The zero-order valence-electron chi connectivity index (χ0n) is 12.7. The van der Waals surface area contributed by atoms with Crippen molar-refractivity contribution >= 4 is 0 Å². The number of imidazole rings is 1. The van der Waals surface area contributed by atoms with E-state index < -0.39 is 0 Å². The van der Waals surface area contributed by atoms with Crippen LogP contribution in [0, 0.1) is 6.92 Å². The molecule has 1 aromatic heterocycles. The van der Waals surface area contributed by atoms with Crippen molar-refractivity contribution < 1.29 is 4.74 Å². The number of nitrogens with zero attached hydrogens (tertiary/aromatic N) is 2. The lowest BCUT2D eigenvalue weighted by molar-refractivity contribution is 0.284. The predicted molar refractivity (Wildman–Crippen MR) is 80.9 cm³/mol. The molecule has 2 rings (SSSR count). The van der Waals surface area contributed by atoms with Gasteiger partial charge in [-0.1, -0.05) is 12.1 Å². The zero-order chi connectivity index (χ0) is 14.5. The van der Waals surface area contributed by atoms with Crippen LogP contribution in [0.2, 0.25) is 0 Å². The molecule has 1 unspecified atom stereocenters. The maximum absolute atomic E-state index is 6.00. The van der Waals surface area contributed by atoms with Gasteiger partial charge < -0.3 is 14.6 Å². The normalized spacial score (nSPS) is 12.4. The van der Waals surface area contributed by atoms with Gasteiger partial charge in [0.2, 0.25) is 0 Å². The quantitative estimate of drug-likeness (QED) is 0.879. The van der Waals surface area contributed by atoms with Crippen molar-refractivity contribution in [3.05, 3.63) is 47.5 Å². The molecule has 1 N–H and O–H groups in total. The Morgan fingerprint density at radius 3 is 2.90 bits per heavy atom. The van der Waals surface area contributed by atoms with Crippen molar-refractivity contribution in [2.75, 3.05) is 7.05 Å². The summed E-state index contributed by atoms with van der Waals surface area (Å²) in [7, 11) is 1.96. The summed E-state index contributed by atoms with van der Waals surface area (Å²) in [5.74, 6) is 1.88. The summed E-state index contributed by atoms with van der Waals surface area (Å²) >= 11 is 0. The molecule has 1 heterocycles. The summed E-state index contributed by atoms with van der Waals surface area (Å²) in [6, 6.07) is 6.58. The molecule has 0 spiro atoms. The maximum atomic E-state index is 6.00. The Bertz CT molecular complexity index is 563. The van der Waals surface area contributed by atoms with Gasteiger partial charge in [-0.25, -0.2) is 4.98 Å². The smallest absolute Gasteiger partial charge is 0.146 e. The summed E-state index contributed by atoms with van der Waals surface area (Å²) in [6.45, 7) is 7.71. The number of benzene rings is 1. The third kappa shape index (κ3) is 3.20. The highest BCUT2D eigenvalue weighted by Gasteiger charge is 2.11. The van der Waals surface area contributed by atoms with Gasteiger partial charge in [0.25, 0.3) is 0 Å². The van der Waals surface area contributed by atoms with E-state index in [4.69, 9.17) is 4.74 Å². The Kier molecular flexibility index (Phi) is 4.79. The van der Waals surface area contributed by atoms with Crippen LogP contribution in [0.3, 0.4) is 0 Å². The van der Waals surface area contributed by atoms with Crippen molar-refractivity contribution in [1.82, 2.24) is 14.9 Å². The lowest BCUT2D eigenvalue weighted by Gasteiger charge is -2.17. The molecule has 4 heteroatoms. The van der Waals surface area contributed by atoms with Crippen LogP contribution in [0.5, 0.6) is 5.75 Å². The van der Waals surface area contributed by atoms with Crippen LogP contribution >= 0.6 is 0 Å². The highest BCUT2D eigenvalue weighted by atomic mass is 16.5. The molecule has 20 heavy (non-hydrogen) atoms. The topological polar surface area (TPSA) is 39.1 Å². The first kappa shape index (κ1) is 14.6. The van der Waals surface area contributed by atoms with E-state index in [9.17, 15) is 0 Å². The second-order valence-electron chi connectivity index (χ2n) is 4.97. The highest BCUT2D eigenvalue weighted by molar-refractivity contribution is 5.39. The van der Waals surface area contributed by atoms with Gasteiger partial charge >= 0.3 is 0 Å². The van der Waals surface area contributed by atoms with Crippen molar-refractivity contribution in [1.29, 1.82) is 0 Å². The van der Waals surface area contributed by atoms with E-state index in [1.807, 2.05) is 19.4 Å². The van der Waals surface area contributed by atoms with Crippen LogP contribution in [0.4, 0.5) is 0 Å². The van der Waals surface area contributed by atoms with E-state index in [2.05, 4.69) is 53.8 Å². The van der Waals surface area contributed by atoms with Crippen molar-refractivity contribution in [2.24, 2.45) is 0 Å². The summed E-state index contributed by atoms with van der Waals surface area (Å²) in [6.07, 6.45) is 3.79. The molecule has 0 aliphatic rings. The Morgan fingerprint density at radius 2 is 2.20 bits per heavy atom. The van der Waals surface area contributed by atoms with Gasteiger partial charge in [0, 0.05) is 30.5 Å². The minimum absolute atomic E-state index is 0.261. The molecule has 0 aliphatic heterocycles. The van der Waals surface area contributed by atoms with E-state index in [1.54, 1.807) is 0 Å². The SMILES string of the molecule is CCn1ccnc1COc1cc(C)ccc1C(C)NC. The number of aromatic nitrogens is 2. The Morgan fingerprint density at radius 1 is 1.40 bits per heavy atom. The standard InChI is InChI=1S/C16H23N3O/c1-5-19-9-8-18-16(19)11-20-15-10-12(2)6-7-14(15)13(3)17-4/h6-10,13,17H,5,11H2,1-4H3. The summed E-state index contributed by atoms with van der Waals surface area (Å²) in [5, 5.41) is 3.26. The number of hydrogen-bond donors (Lipinski definition) is 1. The Balaban J connectivity index is 2.18. The van der Waals surface area contributed by atoms with E-state index >= 15 is 0 Å². The molecular formula is C16H23N3O. The second-order valence-corrected chi connectivity index (χ2v) is 4.97. The van der Waals surface area contributed by atoms with Crippen LogP contribution in [0.15, 0.2) is 30.6 Å². The fourth-order valence-electron chi connectivity index (χ4n) is 2.19. The molecule has 1 aromatic carbocycles. The Hall–Kier alpha value is -1.81. The average molecular weight is 273 g/mol. The molecule has 0 amide bonds. The predicted octanol–water partition coefficient (Wildman–Crippen LogP) is 3.07. The molecule has 0 bridgehead atoms. The molecule has 108 valence electrons. The first-order valence-electron chi connectivity index (χ1n) is 7.06. The van der Waals surface area contributed by atoms with Crippen LogP contribution in [0.25, 0.3) is 0 Å². The third-order valence-electron chi connectivity index (χ3n) is 3.57. The van der Waals surface area contributed by atoms with Gasteiger partial charge in [-0.2, -0.15) is 0 Å². The highest BCUT2D eigenvalue weighted by Crippen LogP contribution is 2.26. The van der Waals surface area contributed by atoms with E-state index in [0.717, 1.165) is 18.1 Å². The van der Waals surface area contributed by atoms with Crippen LogP contribution in [-0.2, 0) is 13.2 Å². The lowest BCUT2D eigenvalue weighted by Crippen LogP contribution is -2.14. The maximum Gasteiger partial charge on any atom is 0.146 e. The van der Waals surface area contributed by atoms with Gasteiger partial charge in [0.05, 0.1) is 0 Å². The van der Waals surface area contributed by atoms with Gasteiger partial charge in [-0.05, 0) is 39.4 Å². The first-order chi connectivity index (χ1) is 9.65. The van der Waals surface area contributed by atoms with Crippen LogP contribution in [0.1, 0.15) is 36.8 Å². The molecular weight excluding hydrogens is 250 g/mol. The summed E-state index contributed by atoms with van der Waals surface area (Å²) in [4.78, 5) is 4.34. The molecule has 0 aliphatic carbocycles. The van der Waals surface area contributed by atoms with Crippen LogP contribution in [-0.4, -0.2) is 16.6 Å². The van der Waals surface area contributed by atoms with Crippen LogP contribution < -0.4 is 10.1 Å². The summed E-state index contributed by atoms with van der Waals surface area (Å²) in [5.41, 5.74) is 2.37. The number of nitrogens with one attached hydrogen (secondary N) is 1. The Labute approximate surface area is 120 Å². The van der Waals surface area contributed by atoms with E-state index in [0.29, 0.717) is 6.61 Å². The zero-order valence-corrected chi connectivity index (χ0v) is 12.7. The van der Waals surface area contributed by atoms with Gasteiger partial charge in [-0.15, -0.1) is 0 Å². The number of hydrogen-bond acceptors (Lipinski definition) is 3. The van der Waals surface area contributed by atoms with Crippen molar-refractivity contribution in [3.8, 4) is 5.75 Å². The average Bonchev–Trinajstić information content (AvgIpc) is 2.91. The first-order valence-corrected chi connectivity index (χ1v) is 7.06. The summed E-state index contributed by atoms with van der Waals surface area (Å²) < 4.78 is 8.10.